The molecule has 35 nitrogen and oxygen atoms in total. The van der Waals surface area contributed by atoms with Gasteiger partial charge in [-0.15, -0.1) is 5.10 Å². The first-order valence-electron chi connectivity index (χ1n) is 36.9. The van der Waals surface area contributed by atoms with Crippen molar-refractivity contribution in [3.63, 3.8) is 0 Å². The average Bonchev–Trinajstić information content (AvgIpc) is 1.61. The first-order valence-corrected chi connectivity index (χ1v) is 36.9. The Hall–Kier alpha value is -8.19. The third kappa shape index (κ3) is 34.3. The number of hydrogen-bond donors (Lipinski definition) is 8. The molecule has 2 fully saturated rings. The molecule has 5 atom stereocenters. The van der Waals surface area contributed by atoms with Crippen LogP contribution in [0.3, 0.4) is 0 Å². The Morgan fingerprint density at radius 2 is 1.22 bits per heavy atom. The van der Waals surface area contributed by atoms with Crippen LogP contribution in [0.4, 0.5) is 32.0 Å². The lowest BCUT2D eigenvalue weighted by atomic mass is 10.0. The first kappa shape index (κ1) is 85.7. The number of amides is 8. The van der Waals surface area contributed by atoms with Crippen molar-refractivity contribution in [2.45, 2.75) is 130 Å². The van der Waals surface area contributed by atoms with E-state index in [1.807, 2.05) is 18.5 Å². The molecule has 3 unspecified atom stereocenters. The van der Waals surface area contributed by atoms with Crippen LogP contribution in [-0.4, -0.2) is 267 Å². The summed E-state index contributed by atoms with van der Waals surface area (Å²) in [5, 5.41) is 25.3. The van der Waals surface area contributed by atoms with E-state index in [1.165, 1.54) is 0 Å². The van der Waals surface area contributed by atoms with Crippen LogP contribution >= 0.6 is 0 Å². The molecule has 3 heterocycles. The van der Waals surface area contributed by atoms with Crippen molar-refractivity contribution in [3.05, 3.63) is 41.2 Å². The van der Waals surface area contributed by atoms with Gasteiger partial charge in [0, 0.05) is 77.3 Å². The Kier molecular flexibility index (Phi) is 39.9. The number of hydrogen-bond acceptors (Lipinski definition) is 26. The number of anilines is 3. The number of carbonyl (C=O) groups excluding carboxylic acids is 8. The lowest BCUT2D eigenvalue weighted by molar-refractivity contribution is -0.132. The number of unbranched alkanes of at least 4 members (excludes halogenated alkanes) is 3. The third-order valence-electron chi connectivity index (χ3n) is 17.8. The van der Waals surface area contributed by atoms with Crippen molar-refractivity contribution in [2.75, 3.05) is 187 Å². The van der Waals surface area contributed by atoms with Crippen LogP contribution in [-0.2, 0) is 92.6 Å². The number of rotatable bonds is 54. The molecular formula is C70H115N17O18. The van der Waals surface area contributed by atoms with Crippen LogP contribution in [0.15, 0.2) is 24.3 Å². The minimum absolute atomic E-state index is 0.0226. The maximum Gasteiger partial charge on any atom is 0.407 e. The van der Waals surface area contributed by atoms with E-state index < -0.39 is 53.9 Å². The van der Waals surface area contributed by atoms with E-state index in [0.29, 0.717) is 166 Å². The fourth-order valence-corrected chi connectivity index (χ4v) is 11.7. The average molecular weight is 1480 g/mol. The van der Waals surface area contributed by atoms with E-state index in [9.17, 15) is 38.4 Å². The van der Waals surface area contributed by atoms with E-state index in [-0.39, 0.29) is 76.0 Å². The van der Waals surface area contributed by atoms with Crippen LogP contribution in [0.5, 0.6) is 6.01 Å². The highest BCUT2D eigenvalue weighted by Crippen LogP contribution is 2.53. The number of carbonyl (C=O) groups is 8. The van der Waals surface area contributed by atoms with Gasteiger partial charge in [-0.05, 0) is 106 Å². The van der Waals surface area contributed by atoms with Gasteiger partial charge in [0.2, 0.25) is 35.5 Å². The number of benzene rings is 1. The number of primary amides is 2. The molecule has 1 saturated heterocycles. The van der Waals surface area contributed by atoms with Crippen molar-refractivity contribution in [1.82, 2.24) is 61.4 Å². The van der Waals surface area contributed by atoms with Crippen LogP contribution < -0.4 is 57.9 Å². The molecule has 105 heavy (non-hydrogen) atoms. The second-order valence-electron chi connectivity index (χ2n) is 26.8. The monoisotopic (exact) mass is 1480 g/mol. The molecule has 1 aliphatic heterocycles. The fourth-order valence-electron chi connectivity index (χ4n) is 11.7. The van der Waals surface area contributed by atoms with Gasteiger partial charge in [-0.3, -0.25) is 24.0 Å². The van der Waals surface area contributed by atoms with Crippen molar-refractivity contribution in [1.29, 1.82) is 0 Å². The Morgan fingerprint density at radius 1 is 0.619 bits per heavy atom. The number of urea groups is 1. The molecule has 0 bridgehead atoms. The summed E-state index contributed by atoms with van der Waals surface area (Å²) >= 11 is 0. The lowest BCUT2D eigenvalue weighted by Crippen LogP contribution is -2.54. The van der Waals surface area contributed by atoms with Crippen LogP contribution in [0, 0.1) is 29.6 Å². The molecule has 35 heteroatoms. The predicted molar refractivity (Wildman–Crippen MR) is 386 cm³/mol. The highest BCUT2D eigenvalue weighted by atomic mass is 16.6. The third-order valence-corrected chi connectivity index (χ3v) is 17.8. The minimum atomic E-state index is -1.06. The summed E-state index contributed by atoms with van der Waals surface area (Å²) < 4.78 is 58.0. The van der Waals surface area contributed by atoms with Crippen molar-refractivity contribution in [3.8, 4) is 6.01 Å². The molecule has 588 valence electrons. The van der Waals surface area contributed by atoms with E-state index in [1.54, 1.807) is 50.1 Å². The summed E-state index contributed by atoms with van der Waals surface area (Å²) in [5.74, 6) is -0.115. The number of nitrogens with one attached hydrogen (secondary N) is 6. The molecule has 8 amide bonds. The molecule has 6 rings (SSSR count). The Bertz CT molecular complexity index is 3090. The minimum Gasteiger partial charge on any atom is -0.463 e. The van der Waals surface area contributed by atoms with Gasteiger partial charge in [0.15, 0.2) is 0 Å². The zero-order chi connectivity index (χ0) is 75.6. The molecule has 2 aliphatic carbocycles. The summed E-state index contributed by atoms with van der Waals surface area (Å²) in [6, 6.07) is 4.07. The van der Waals surface area contributed by atoms with Crippen LogP contribution in [0.2, 0.25) is 0 Å². The van der Waals surface area contributed by atoms with Gasteiger partial charge in [0.25, 0.3) is 0 Å². The van der Waals surface area contributed by atoms with Gasteiger partial charge in [0.1, 0.15) is 24.5 Å². The maximum atomic E-state index is 13.8. The number of nitrogens with zero attached hydrogens (tertiary/aromatic N) is 9. The Labute approximate surface area is 615 Å². The van der Waals surface area contributed by atoms with Gasteiger partial charge < -0.3 is 105 Å². The molecular weight excluding hydrogens is 1370 g/mol. The summed E-state index contributed by atoms with van der Waals surface area (Å²) in [6.45, 7) is 17.6. The number of alkyl carbamates (subject to hydrolysis) is 2. The summed E-state index contributed by atoms with van der Waals surface area (Å²) in [5.41, 5.74) is 13.9. The molecule has 3 aromatic rings. The number of Topliss-reactive ketones (excluding diaryl/α,β-unsaturated/α-hetero) is 1. The van der Waals surface area contributed by atoms with Gasteiger partial charge in [0.05, 0.1) is 130 Å². The Balaban J connectivity index is 0.767. The standard InChI is InChI=1S/C70H115N17O18/c1-49(2)59(88)21-32-96-36-40-101-44-45-102-42-38-98-34-25-75-70(95)105-48-55-53-17-19-56-58(20-18-54(53)55)87(83-82-56)30-35-99-39-43-100-41-37-97-33-22-61(90)78-62(50(3)4)64(92)77-57(12-11-24-73-65(72)93)63(91)76-52-15-13-51(14-16-52)47-104-69(94)74-23-9-7-8-10-31-103-68-80-66(85(6)46-60(71)89)79-67(81-68)86-28-26-84(5)27-29-86/h13-16,49-50,53-55,57,62H,7-12,17-48H2,1-6H3,(H2,71,89)(H,74,94)(H,75,95)(H,76,91)(H,77,92)(H,78,90)(H3,72,73,93)/t53?,54?,55?,57-,62+/m1/s1. The molecule has 3 aliphatic rings. The quantitative estimate of drug-likeness (QED) is 0.0376. The van der Waals surface area contributed by atoms with E-state index in [2.05, 4.69) is 74.0 Å². The normalized spacial score (nSPS) is 16.2. The lowest BCUT2D eigenvalue weighted by Gasteiger charge is -2.32. The van der Waals surface area contributed by atoms with Gasteiger partial charge in [-0.2, -0.15) is 15.0 Å². The van der Waals surface area contributed by atoms with Gasteiger partial charge in [-0.25, -0.2) is 19.1 Å². The SMILES string of the molecule is CC(C)C(=O)CCOCCOCCOCCOCCNC(=O)OCC1C2CCc3nnn(CCOCCOCCOCCC(=O)N[C@H](C(=O)N[C@H](CCCNC(N)=O)C(=O)Nc4ccc(COC(=O)NCCCCCCOc5nc(N(C)CC(N)=O)nc(N6CCN(C)CC6)n5)cc4)C(C)C)c3CCC21. The smallest absolute Gasteiger partial charge is 0.407 e. The van der Waals surface area contributed by atoms with Gasteiger partial charge >= 0.3 is 24.2 Å². The number of likely N-dealkylation sites (N-methyl/N-ethyl adjacent to an activating group) is 2. The number of nitrogens with two attached hydrogens (primary N) is 2. The molecule has 1 aromatic carbocycles. The number of piperazine rings is 1. The van der Waals surface area contributed by atoms with E-state index in [0.717, 1.165) is 82.5 Å². The number of aromatic nitrogens is 6. The Morgan fingerprint density at radius 3 is 1.87 bits per heavy atom. The number of ketones is 1. The number of fused-ring (bicyclic) bond motifs is 2. The van der Waals surface area contributed by atoms with Crippen molar-refractivity contribution < 1.29 is 85.7 Å². The number of ether oxygens (including phenoxy) is 10. The second-order valence-corrected chi connectivity index (χ2v) is 26.8. The van der Waals surface area contributed by atoms with Gasteiger partial charge in [-0.1, -0.05) is 51.5 Å². The number of aryl methyl sites for hydroxylation is 1. The highest BCUT2D eigenvalue weighted by Gasteiger charge is 2.50. The maximum absolute atomic E-state index is 13.8. The zero-order valence-electron chi connectivity index (χ0n) is 62.2. The topological polar surface area (TPSA) is 432 Å². The molecule has 2 aromatic heterocycles. The summed E-state index contributed by atoms with van der Waals surface area (Å²) in [7, 11) is 3.74. The highest BCUT2D eigenvalue weighted by molar-refractivity contribution is 5.98. The largest absolute Gasteiger partial charge is 0.463 e. The van der Waals surface area contributed by atoms with Crippen molar-refractivity contribution >= 4 is 65.2 Å². The summed E-state index contributed by atoms with van der Waals surface area (Å²) in [6.07, 6.45) is 6.43. The van der Waals surface area contributed by atoms with E-state index in [4.69, 9.17) is 58.8 Å². The molecule has 1 saturated carbocycles. The van der Waals surface area contributed by atoms with Crippen LogP contribution in [0.1, 0.15) is 109 Å². The first-order chi connectivity index (χ1) is 50.7. The van der Waals surface area contributed by atoms with E-state index >= 15 is 0 Å². The molecule has 0 radical (unpaired) electrons. The molecule has 10 N–H and O–H groups in total. The second kappa shape index (κ2) is 48.8. The van der Waals surface area contributed by atoms with Crippen LogP contribution in [0.25, 0.3) is 0 Å². The van der Waals surface area contributed by atoms with Crippen molar-refractivity contribution in [2.24, 2.45) is 41.1 Å². The summed E-state index contributed by atoms with van der Waals surface area (Å²) in [4.78, 5) is 119. The zero-order valence-corrected chi connectivity index (χ0v) is 62.2. The molecule has 0 spiro atoms. The predicted octanol–water partition coefficient (Wildman–Crippen LogP) is 2.30. The fraction of sp³-hybridized carbons (Fsp3) is 0.729.